The van der Waals surface area contributed by atoms with Gasteiger partial charge in [0.05, 0.1) is 18.5 Å². The summed E-state index contributed by atoms with van der Waals surface area (Å²) in [6.07, 6.45) is 1.62. The molecule has 7 heteroatoms. The normalized spacial score (nSPS) is 31.6. The van der Waals surface area contributed by atoms with E-state index in [0.717, 1.165) is 39.1 Å². The molecular weight excluding hydrogens is 332 g/mol. The zero-order valence-electron chi connectivity index (χ0n) is 13.5. The van der Waals surface area contributed by atoms with Gasteiger partial charge in [-0.3, -0.25) is 4.90 Å². The molecule has 2 saturated heterocycles. The molecule has 5 nitrogen and oxygen atoms in total. The van der Waals surface area contributed by atoms with E-state index in [9.17, 15) is 8.42 Å². The summed E-state index contributed by atoms with van der Waals surface area (Å²) in [5.74, 6) is 0.435. The van der Waals surface area contributed by atoms with Gasteiger partial charge in [-0.15, -0.1) is 11.3 Å². The third kappa shape index (κ3) is 3.09. The van der Waals surface area contributed by atoms with Crippen LogP contribution in [0.2, 0.25) is 0 Å². The molecule has 2 atom stereocenters. The van der Waals surface area contributed by atoms with E-state index in [1.807, 2.05) is 11.3 Å². The number of aryl methyl sites for hydroxylation is 1. The first-order valence-corrected chi connectivity index (χ1v) is 10.7. The number of ether oxygens (including phenoxy) is 1. The average Bonchev–Trinajstić information content (AvgIpc) is 3.08. The van der Waals surface area contributed by atoms with Gasteiger partial charge < -0.3 is 4.74 Å². The standard InChI is InChI=1S/C16H24N2O3S2/c1-12-4-5-22-15(12)7-18-6-13-8-21-11-16(13,10-18)9-17-23(19,20)14-2-3-14/h4-5,13-14,17H,2-3,6-11H2,1H3/t13-,16+/m1/s1. The summed E-state index contributed by atoms with van der Waals surface area (Å²) in [7, 11) is -3.11. The quantitative estimate of drug-likeness (QED) is 0.841. The molecule has 23 heavy (non-hydrogen) atoms. The van der Waals surface area contributed by atoms with E-state index in [1.54, 1.807) is 0 Å². The lowest BCUT2D eigenvalue weighted by atomic mass is 9.81. The van der Waals surface area contributed by atoms with Crippen LogP contribution in [0.3, 0.4) is 0 Å². The molecule has 0 aromatic carbocycles. The highest BCUT2D eigenvalue weighted by Gasteiger charge is 2.51. The Kier molecular flexibility index (Phi) is 4.05. The van der Waals surface area contributed by atoms with E-state index >= 15 is 0 Å². The maximum atomic E-state index is 12.2. The van der Waals surface area contributed by atoms with Gasteiger partial charge in [0.1, 0.15) is 0 Å². The van der Waals surface area contributed by atoms with Crippen molar-refractivity contribution in [3.8, 4) is 0 Å². The summed E-state index contributed by atoms with van der Waals surface area (Å²) in [4.78, 5) is 3.89. The lowest BCUT2D eigenvalue weighted by molar-refractivity contribution is 0.128. The van der Waals surface area contributed by atoms with Crippen LogP contribution in [-0.2, 0) is 21.3 Å². The SMILES string of the molecule is Cc1ccsc1CN1C[C@@H]2COC[C@]2(CNS(=O)(=O)C2CC2)C1. The van der Waals surface area contributed by atoms with Gasteiger partial charge in [0, 0.05) is 42.4 Å². The van der Waals surface area contributed by atoms with Gasteiger partial charge in [-0.1, -0.05) is 0 Å². The summed E-state index contributed by atoms with van der Waals surface area (Å²) in [5, 5.41) is 2.00. The first-order chi connectivity index (χ1) is 11.0. The molecule has 3 heterocycles. The zero-order valence-corrected chi connectivity index (χ0v) is 15.1. The molecule has 3 aliphatic rings. The Morgan fingerprint density at radius 2 is 2.30 bits per heavy atom. The van der Waals surface area contributed by atoms with Crippen LogP contribution >= 0.6 is 11.3 Å². The summed E-state index contributed by atoms with van der Waals surface area (Å²) in [6.45, 7) is 7.00. The van der Waals surface area contributed by atoms with E-state index in [-0.39, 0.29) is 10.7 Å². The van der Waals surface area contributed by atoms with Crippen LogP contribution in [0.5, 0.6) is 0 Å². The Morgan fingerprint density at radius 3 is 3.00 bits per heavy atom. The van der Waals surface area contributed by atoms with Gasteiger partial charge in [-0.05, 0) is 36.8 Å². The van der Waals surface area contributed by atoms with Crippen molar-refractivity contribution in [3.63, 3.8) is 0 Å². The molecule has 0 unspecified atom stereocenters. The van der Waals surface area contributed by atoms with Crippen LogP contribution in [0.4, 0.5) is 0 Å². The summed E-state index contributed by atoms with van der Waals surface area (Å²) in [6, 6.07) is 2.17. The smallest absolute Gasteiger partial charge is 0.214 e. The van der Waals surface area contributed by atoms with E-state index in [0.29, 0.717) is 19.1 Å². The third-order valence-electron chi connectivity index (χ3n) is 5.52. The lowest BCUT2D eigenvalue weighted by Crippen LogP contribution is -2.43. The molecule has 1 aliphatic carbocycles. The number of sulfonamides is 1. The molecule has 1 aromatic heterocycles. The number of fused-ring (bicyclic) bond motifs is 1. The second kappa shape index (κ2) is 5.81. The minimum Gasteiger partial charge on any atom is -0.380 e. The highest BCUT2D eigenvalue weighted by Crippen LogP contribution is 2.42. The summed E-state index contributed by atoms with van der Waals surface area (Å²) < 4.78 is 32.9. The molecule has 2 aliphatic heterocycles. The van der Waals surface area contributed by atoms with Gasteiger partial charge in [-0.2, -0.15) is 0 Å². The van der Waals surface area contributed by atoms with E-state index in [1.165, 1.54) is 10.4 Å². The zero-order chi connectivity index (χ0) is 16.1. The van der Waals surface area contributed by atoms with Crippen molar-refractivity contribution in [2.45, 2.75) is 31.6 Å². The van der Waals surface area contributed by atoms with Crippen LogP contribution in [0.25, 0.3) is 0 Å². The number of hydrogen-bond acceptors (Lipinski definition) is 5. The molecule has 1 saturated carbocycles. The maximum Gasteiger partial charge on any atom is 0.214 e. The molecule has 0 bridgehead atoms. The van der Waals surface area contributed by atoms with Gasteiger partial charge >= 0.3 is 0 Å². The predicted molar refractivity (Wildman–Crippen MR) is 91.0 cm³/mol. The van der Waals surface area contributed by atoms with Crippen LogP contribution < -0.4 is 4.72 Å². The molecule has 3 fully saturated rings. The van der Waals surface area contributed by atoms with E-state index < -0.39 is 10.0 Å². The van der Waals surface area contributed by atoms with Crippen molar-refractivity contribution in [2.75, 3.05) is 32.8 Å². The first kappa shape index (κ1) is 16.0. The van der Waals surface area contributed by atoms with E-state index in [2.05, 4.69) is 28.0 Å². The second-order valence-electron chi connectivity index (χ2n) is 7.34. The minimum atomic E-state index is -3.11. The highest BCUT2D eigenvalue weighted by atomic mass is 32.2. The molecular formula is C16H24N2O3S2. The fourth-order valence-corrected chi connectivity index (χ4v) is 6.25. The molecule has 4 rings (SSSR count). The minimum absolute atomic E-state index is 0.0485. The number of thiophene rings is 1. The number of likely N-dealkylation sites (tertiary alicyclic amines) is 1. The van der Waals surface area contributed by atoms with Gasteiger partial charge in [0.15, 0.2) is 0 Å². The third-order valence-corrected chi connectivity index (χ3v) is 8.42. The fraction of sp³-hybridized carbons (Fsp3) is 0.750. The molecule has 0 radical (unpaired) electrons. The van der Waals surface area contributed by atoms with Crippen LogP contribution in [0, 0.1) is 18.3 Å². The lowest BCUT2D eigenvalue weighted by Gasteiger charge is -2.27. The first-order valence-electron chi connectivity index (χ1n) is 8.30. The molecule has 1 N–H and O–H groups in total. The molecule has 1 aromatic rings. The van der Waals surface area contributed by atoms with Crippen LogP contribution in [0.15, 0.2) is 11.4 Å². The van der Waals surface area contributed by atoms with Crippen LogP contribution in [-0.4, -0.2) is 51.4 Å². The molecule has 0 amide bonds. The molecule has 0 spiro atoms. The Hall–Kier alpha value is -0.470. The molecule has 128 valence electrons. The summed E-state index contributed by atoms with van der Waals surface area (Å²) in [5.41, 5.74) is 1.31. The van der Waals surface area contributed by atoms with Gasteiger partial charge in [0.2, 0.25) is 10.0 Å². The monoisotopic (exact) mass is 356 g/mol. The van der Waals surface area contributed by atoms with Crippen molar-refractivity contribution < 1.29 is 13.2 Å². The fourth-order valence-electron chi connectivity index (χ4n) is 3.82. The topological polar surface area (TPSA) is 58.6 Å². The predicted octanol–water partition coefficient (Wildman–Crippen LogP) is 1.59. The van der Waals surface area contributed by atoms with Crippen molar-refractivity contribution in [2.24, 2.45) is 11.3 Å². The average molecular weight is 357 g/mol. The highest BCUT2D eigenvalue weighted by molar-refractivity contribution is 7.90. The maximum absolute atomic E-state index is 12.2. The van der Waals surface area contributed by atoms with Crippen molar-refractivity contribution in [3.05, 3.63) is 21.9 Å². The van der Waals surface area contributed by atoms with Crippen molar-refractivity contribution in [1.29, 1.82) is 0 Å². The van der Waals surface area contributed by atoms with E-state index in [4.69, 9.17) is 4.74 Å². The number of rotatable bonds is 6. The number of nitrogens with one attached hydrogen (secondary N) is 1. The Labute approximate surface area is 142 Å². The summed E-state index contributed by atoms with van der Waals surface area (Å²) >= 11 is 1.81. The Bertz CT molecular complexity index is 683. The van der Waals surface area contributed by atoms with Gasteiger partial charge in [-0.25, -0.2) is 13.1 Å². The van der Waals surface area contributed by atoms with Crippen molar-refractivity contribution >= 4 is 21.4 Å². The Balaban J connectivity index is 1.43. The van der Waals surface area contributed by atoms with Crippen LogP contribution in [0.1, 0.15) is 23.3 Å². The van der Waals surface area contributed by atoms with Crippen molar-refractivity contribution in [1.82, 2.24) is 9.62 Å². The Morgan fingerprint density at radius 1 is 1.48 bits per heavy atom. The second-order valence-corrected chi connectivity index (χ2v) is 10.4. The van der Waals surface area contributed by atoms with Gasteiger partial charge in [0.25, 0.3) is 0 Å². The number of nitrogens with zero attached hydrogens (tertiary/aromatic N) is 1. The largest absolute Gasteiger partial charge is 0.380 e. The number of hydrogen-bond donors (Lipinski definition) is 1.